The van der Waals surface area contributed by atoms with E-state index in [0.29, 0.717) is 25.7 Å². The number of fused-ring (bicyclic) bond motifs is 1. The molecule has 0 fully saturated rings. The highest BCUT2D eigenvalue weighted by molar-refractivity contribution is 7.99. The maximum atomic E-state index is 5.95. The Morgan fingerprint density at radius 1 is 1.12 bits per heavy atom. The van der Waals surface area contributed by atoms with E-state index < -0.39 is 0 Å². The van der Waals surface area contributed by atoms with Crippen molar-refractivity contribution >= 4 is 35.0 Å². The predicted octanol–water partition coefficient (Wildman–Crippen LogP) is 4.02. The number of nitrogens with two attached hydrogens (primary N) is 1. The van der Waals surface area contributed by atoms with Gasteiger partial charge in [0.2, 0.25) is 0 Å². The molecule has 5 nitrogen and oxygen atoms in total. The molecule has 7 heteroatoms. The van der Waals surface area contributed by atoms with Gasteiger partial charge in [0.05, 0.1) is 19.8 Å². The molecule has 0 saturated heterocycles. The van der Waals surface area contributed by atoms with Crippen LogP contribution in [-0.4, -0.2) is 31.5 Å². The summed E-state index contributed by atoms with van der Waals surface area (Å²) < 4.78 is 11.3. The first-order valence-electron chi connectivity index (χ1n) is 8.06. The lowest BCUT2D eigenvalue weighted by Gasteiger charge is -2.10. The van der Waals surface area contributed by atoms with Crippen molar-refractivity contribution in [3.8, 4) is 11.5 Å². The summed E-state index contributed by atoms with van der Waals surface area (Å²) in [5.41, 5.74) is 6.78. The third-order valence-corrected chi connectivity index (χ3v) is 4.72. The van der Waals surface area contributed by atoms with Gasteiger partial charge in [0.25, 0.3) is 0 Å². The topological polar surface area (TPSA) is 68.9 Å². The molecule has 0 amide bonds. The fourth-order valence-corrected chi connectivity index (χ4v) is 3.16. The van der Waals surface area contributed by atoms with Crippen LogP contribution in [0.4, 0.5) is 5.69 Å². The summed E-state index contributed by atoms with van der Waals surface area (Å²) in [5, 5.41) is 3.83. The minimum atomic E-state index is 0.381. The molecule has 0 radical (unpaired) electrons. The molecule has 0 bridgehead atoms. The van der Waals surface area contributed by atoms with Crippen LogP contribution < -0.4 is 20.5 Å². The summed E-state index contributed by atoms with van der Waals surface area (Å²) >= 11 is 7.58. The van der Waals surface area contributed by atoms with Crippen molar-refractivity contribution < 1.29 is 9.47 Å². The lowest BCUT2D eigenvalue weighted by atomic mass is 10.3. The molecule has 0 atom stereocenters. The average Bonchev–Trinajstić information content (AvgIpc) is 2.85. The van der Waals surface area contributed by atoms with Crippen molar-refractivity contribution in [1.82, 2.24) is 0 Å². The molecule has 25 heavy (non-hydrogen) atoms. The maximum Gasteiger partial charge on any atom is 0.193 e. The fourth-order valence-electron chi connectivity index (χ4n) is 2.29. The predicted molar refractivity (Wildman–Crippen MR) is 104 cm³/mol. The molecule has 1 aliphatic heterocycles. The number of benzene rings is 2. The Balaban J connectivity index is 1.49. The largest absolute Gasteiger partial charge is 0.490 e. The Labute approximate surface area is 156 Å². The highest BCUT2D eigenvalue weighted by Gasteiger charge is 2.10. The molecule has 0 aliphatic carbocycles. The van der Waals surface area contributed by atoms with Crippen LogP contribution >= 0.6 is 23.4 Å². The van der Waals surface area contributed by atoms with Crippen LogP contribution in [0.1, 0.15) is 6.42 Å². The molecule has 0 saturated carbocycles. The van der Waals surface area contributed by atoms with Gasteiger partial charge in [0.1, 0.15) is 0 Å². The summed E-state index contributed by atoms with van der Waals surface area (Å²) in [7, 11) is 0. The van der Waals surface area contributed by atoms with Crippen LogP contribution in [-0.2, 0) is 0 Å². The second kappa shape index (κ2) is 8.87. The van der Waals surface area contributed by atoms with Crippen molar-refractivity contribution in [2.45, 2.75) is 11.3 Å². The zero-order valence-electron chi connectivity index (χ0n) is 13.7. The zero-order valence-corrected chi connectivity index (χ0v) is 15.3. The number of nitrogens with one attached hydrogen (secondary N) is 1. The van der Waals surface area contributed by atoms with Gasteiger partial charge >= 0.3 is 0 Å². The van der Waals surface area contributed by atoms with E-state index in [1.165, 1.54) is 0 Å². The number of aliphatic imine (C=N–C) groups is 1. The van der Waals surface area contributed by atoms with E-state index in [-0.39, 0.29) is 0 Å². The van der Waals surface area contributed by atoms with Crippen molar-refractivity contribution in [3.63, 3.8) is 0 Å². The minimum Gasteiger partial charge on any atom is -0.490 e. The number of hydrogen-bond donors (Lipinski definition) is 2. The molecular formula is C18H20ClN3O2S. The van der Waals surface area contributed by atoms with Crippen molar-refractivity contribution in [1.29, 1.82) is 0 Å². The van der Waals surface area contributed by atoms with E-state index >= 15 is 0 Å². The normalized spacial score (nSPS) is 14.0. The second-order valence-corrected chi connectivity index (χ2v) is 7.01. The van der Waals surface area contributed by atoms with Gasteiger partial charge in [-0.2, -0.15) is 0 Å². The average molecular weight is 378 g/mol. The van der Waals surface area contributed by atoms with Crippen LogP contribution in [0, 0.1) is 0 Å². The van der Waals surface area contributed by atoms with E-state index in [1.54, 1.807) is 11.8 Å². The van der Waals surface area contributed by atoms with E-state index in [9.17, 15) is 0 Å². The zero-order chi connectivity index (χ0) is 17.5. The van der Waals surface area contributed by atoms with Crippen molar-refractivity contribution in [2.75, 3.05) is 30.8 Å². The quantitative estimate of drug-likeness (QED) is 0.356. The minimum absolute atomic E-state index is 0.381. The molecule has 0 aromatic heterocycles. The molecule has 0 spiro atoms. The van der Waals surface area contributed by atoms with Gasteiger partial charge in [-0.1, -0.05) is 11.6 Å². The Bertz CT molecular complexity index is 738. The first-order valence-corrected chi connectivity index (χ1v) is 9.42. The lowest BCUT2D eigenvalue weighted by molar-refractivity contribution is 0.297. The van der Waals surface area contributed by atoms with Gasteiger partial charge in [-0.3, -0.25) is 4.99 Å². The van der Waals surface area contributed by atoms with Gasteiger partial charge in [-0.25, -0.2) is 0 Å². The number of nitrogens with zero attached hydrogens (tertiary/aromatic N) is 1. The van der Waals surface area contributed by atoms with Gasteiger partial charge in [0.15, 0.2) is 17.5 Å². The number of anilines is 1. The number of hydrogen-bond acceptors (Lipinski definition) is 4. The monoisotopic (exact) mass is 377 g/mol. The molecule has 1 aliphatic rings. The molecular weight excluding hydrogens is 358 g/mol. The van der Waals surface area contributed by atoms with Gasteiger partial charge in [-0.15, -0.1) is 11.8 Å². The number of ether oxygens (including phenoxy) is 2. The van der Waals surface area contributed by atoms with Crippen LogP contribution in [0.3, 0.4) is 0 Å². The Morgan fingerprint density at radius 2 is 1.88 bits per heavy atom. The summed E-state index contributed by atoms with van der Waals surface area (Å²) in [6, 6.07) is 13.4. The van der Waals surface area contributed by atoms with E-state index in [2.05, 4.69) is 10.3 Å². The van der Waals surface area contributed by atoms with Crippen molar-refractivity contribution in [2.24, 2.45) is 10.7 Å². The molecule has 0 unspecified atom stereocenters. The SMILES string of the molecule is NC(=NCCSc1ccc(Cl)cc1)Nc1ccc2c(c1)OCCCO2. The third kappa shape index (κ3) is 5.47. The second-order valence-electron chi connectivity index (χ2n) is 5.41. The van der Waals surface area contributed by atoms with Crippen LogP contribution in [0.5, 0.6) is 11.5 Å². The van der Waals surface area contributed by atoms with Crippen LogP contribution in [0.2, 0.25) is 5.02 Å². The lowest BCUT2D eigenvalue weighted by Crippen LogP contribution is -2.23. The molecule has 3 rings (SSSR count). The van der Waals surface area contributed by atoms with Crippen LogP contribution in [0.15, 0.2) is 52.4 Å². The molecule has 132 valence electrons. The van der Waals surface area contributed by atoms with E-state index in [4.69, 9.17) is 26.8 Å². The molecule has 1 heterocycles. The van der Waals surface area contributed by atoms with Gasteiger partial charge < -0.3 is 20.5 Å². The van der Waals surface area contributed by atoms with E-state index in [0.717, 1.165) is 39.3 Å². The summed E-state index contributed by atoms with van der Waals surface area (Å²) in [4.78, 5) is 5.51. The third-order valence-electron chi connectivity index (χ3n) is 3.48. The highest BCUT2D eigenvalue weighted by atomic mass is 35.5. The Hall–Kier alpha value is -2.05. The van der Waals surface area contributed by atoms with Crippen LogP contribution in [0.25, 0.3) is 0 Å². The van der Waals surface area contributed by atoms with E-state index in [1.807, 2.05) is 42.5 Å². The number of halogens is 1. The molecule has 3 N–H and O–H groups in total. The first kappa shape index (κ1) is 17.8. The Kier molecular flexibility index (Phi) is 6.30. The molecule has 2 aromatic carbocycles. The summed E-state index contributed by atoms with van der Waals surface area (Å²) in [6.45, 7) is 1.95. The van der Waals surface area contributed by atoms with Gasteiger partial charge in [0, 0.05) is 33.8 Å². The number of thioether (sulfide) groups is 1. The Morgan fingerprint density at radius 3 is 2.68 bits per heavy atom. The smallest absolute Gasteiger partial charge is 0.193 e. The molecule has 2 aromatic rings. The van der Waals surface area contributed by atoms with Crippen molar-refractivity contribution in [3.05, 3.63) is 47.5 Å². The fraction of sp³-hybridized carbons (Fsp3) is 0.278. The number of rotatable bonds is 5. The summed E-state index contributed by atoms with van der Waals surface area (Å²) in [6.07, 6.45) is 0.881. The highest BCUT2D eigenvalue weighted by Crippen LogP contribution is 2.32. The summed E-state index contributed by atoms with van der Waals surface area (Å²) in [5.74, 6) is 2.71. The standard InChI is InChI=1S/C18H20ClN3O2S/c19-13-2-5-15(6-3-13)25-11-8-21-18(20)22-14-4-7-16-17(12-14)24-10-1-9-23-16/h2-7,12H,1,8-11H2,(H3,20,21,22). The maximum absolute atomic E-state index is 5.95. The number of guanidine groups is 1. The van der Waals surface area contributed by atoms with Gasteiger partial charge in [-0.05, 0) is 36.4 Å². The first-order chi connectivity index (χ1) is 12.2.